The van der Waals surface area contributed by atoms with E-state index < -0.39 is 12.5 Å². The zero-order valence-electron chi connectivity index (χ0n) is 8.35. The summed E-state index contributed by atoms with van der Waals surface area (Å²) in [6, 6.07) is 0. The molecule has 1 N–H and O–H groups in total. The van der Waals surface area contributed by atoms with Crippen molar-refractivity contribution in [2.45, 2.75) is 25.7 Å². The molecule has 0 aromatic carbocycles. The number of alkyl halides is 2. The molecule has 1 rings (SSSR count). The Morgan fingerprint density at radius 2 is 2.29 bits per heavy atom. The summed E-state index contributed by atoms with van der Waals surface area (Å²) in [4.78, 5) is 12.6. The number of likely N-dealkylation sites (tertiary alicyclic amines) is 1. The second kappa shape index (κ2) is 4.68. The van der Waals surface area contributed by atoms with E-state index in [4.69, 9.17) is 0 Å². The fourth-order valence-corrected chi connectivity index (χ4v) is 1.52. The highest BCUT2D eigenvalue weighted by Gasteiger charge is 2.36. The van der Waals surface area contributed by atoms with Gasteiger partial charge in [0.1, 0.15) is 0 Å². The van der Waals surface area contributed by atoms with Crippen molar-refractivity contribution >= 4 is 5.91 Å². The van der Waals surface area contributed by atoms with E-state index in [-0.39, 0.29) is 18.9 Å². The molecule has 5 heteroatoms. The van der Waals surface area contributed by atoms with E-state index >= 15 is 0 Å². The molecule has 0 unspecified atom stereocenters. The summed E-state index contributed by atoms with van der Waals surface area (Å²) in [5.74, 6) is -2.92. The second-order valence-corrected chi connectivity index (χ2v) is 3.56. The van der Waals surface area contributed by atoms with Crippen molar-refractivity contribution in [3.05, 3.63) is 0 Å². The molecule has 0 radical (unpaired) electrons. The third kappa shape index (κ3) is 3.21. The van der Waals surface area contributed by atoms with E-state index in [1.807, 2.05) is 6.92 Å². The third-order valence-electron chi connectivity index (χ3n) is 2.27. The Labute approximate surface area is 82.5 Å². The van der Waals surface area contributed by atoms with Gasteiger partial charge in [0.15, 0.2) is 0 Å². The highest BCUT2D eigenvalue weighted by molar-refractivity contribution is 5.78. The van der Waals surface area contributed by atoms with Crippen LogP contribution in [0.4, 0.5) is 8.78 Å². The molecule has 0 spiro atoms. The average Bonchev–Trinajstić information content (AvgIpc) is 2.12. The lowest BCUT2D eigenvalue weighted by Crippen LogP contribution is -2.48. The molecule has 0 bridgehead atoms. The number of halogens is 2. The maximum absolute atomic E-state index is 12.9. The van der Waals surface area contributed by atoms with Gasteiger partial charge in [-0.05, 0) is 13.0 Å². The van der Waals surface area contributed by atoms with Crippen LogP contribution in [-0.2, 0) is 4.79 Å². The van der Waals surface area contributed by atoms with Crippen molar-refractivity contribution in [1.82, 2.24) is 10.2 Å². The van der Waals surface area contributed by atoms with Crippen LogP contribution in [0.1, 0.15) is 19.8 Å². The van der Waals surface area contributed by atoms with Crippen LogP contribution in [0.2, 0.25) is 0 Å². The Morgan fingerprint density at radius 1 is 1.57 bits per heavy atom. The molecule has 0 saturated carbocycles. The molecule has 1 fully saturated rings. The molecule has 0 atom stereocenters. The maximum atomic E-state index is 12.9. The van der Waals surface area contributed by atoms with Crippen LogP contribution in [0.15, 0.2) is 0 Å². The van der Waals surface area contributed by atoms with Crippen LogP contribution in [0, 0.1) is 0 Å². The van der Waals surface area contributed by atoms with Gasteiger partial charge in [-0.3, -0.25) is 4.79 Å². The second-order valence-electron chi connectivity index (χ2n) is 3.56. The molecule has 14 heavy (non-hydrogen) atoms. The molecular formula is C9H16F2N2O. The van der Waals surface area contributed by atoms with Crippen molar-refractivity contribution in [3.63, 3.8) is 0 Å². The molecular weight excluding hydrogens is 190 g/mol. The van der Waals surface area contributed by atoms with Gasteiger partial charge in [-0.1, -0.05) is 6.92 Å². The zero-order chi connectivity index (χ0) is 10.6. The van der Waals surface area contributed by atoms with Crippen molar-refractivity contribution < 1.29 is 13.6 Å². The molecule has 0 aliphatic carbocycles. The molecule has 1 heterocycles. The number of carbonyl (C=O) groups excluding carboxylic acids is 1. The smallest absolute Gasteiger partial charge is 0.265 e. The number of rotatable bonds is 3. The van der Waals surface area contributed by atoms with Crippen LogP contribution in [-0.4, -0.2) is 42.9 Å². The fourth-order valence-electron chi connectivity index (χ4n) is 1.52. The number of piperidine rings is 1. The first-order chi connectivity index (χ1) is 6.55. The SMILES string of the molecule is CCNCC(=O)N1CCCC(F)(F)C1. The predicted octanol–water partition coefficient (Wildman–Crippen LogP) is 0.854. The van der Waals surface area contributed by atoms with Crippen LogP contribution in [0.3, 0.4) is 0 Å². The van der Waals surface area contributed by atoms with Crippen LogP contribution in [0.5, 0.6) is 0 Å². The van der Waals surface area contributed by atoms with E-state index in [1.54, 1.807) is 0 Å². The first kappa shape index (κ1) is 11.4. The summed E-state index contributed by atoms with van der Waals surface area (Å²) in [5, 5.41) is 2.84. The van der Waals surface area contributed by atoms with Gasteiger partial charge < -0.3 is 10.2 Å². The molecule has 1 saturated heterocycles. The molecule has 3 nitrogen and oxygen atoms in total. The molecule has 1 aliphatic heterocycles. The molecule has 0 aromatic heterocycles. The normalized spacial score (nSPS) is 20.9. The minimum atomic E-state index is -2.69. The van der Waals surface area contributed by atoms with E-state index in [0.717, 1.165) is 0 Å². The monoisotopic (exact) mass is 206 g/mol. The summed E-state index contributed by atoms with van der Waals surface area (Å²) in [5.41, 5.74) is 0. The topological polar surface area (TPSA) is 32.3 Å². The van der Waals surface area contributed by atoms with E-state index in [9.17, 15) is 13.6 Å². The molecule has 1 aliphatic rings. The first-order valence-electron chi connectivity index (χ1n) is 4.91. The molecule has 1 amide bonds. The largest absolute Gasteiger partial charge is 0.336 e. The number of amides is 1. The first-order valence-corrected chi connectivity index (χ1v) is 4.91. The summed E-state index contributed by atoms with van der Waals surface area (Å²) >= 11 is 0. The minimum absolute atomic E-state index is 0.0992. The number of likely N-dealkylation sites (N-methyl/N-ethyl adjacent to an activating group) is 1. The Hall–Kier alpha value is -0.710. The minimum Gasteiger partial charge on any atom is -0.336 e. The van der Waals surface area contributed by atoms with Gasteiger partial charge in [0.25, 0.3) is 5.92 Å². The lowest BCUT2D eigenvalue weighted by Gasteiger charge is -2.32. The fraction of sp³-hybridized carbons (Fsp3) is 0.889. The standard InChI is InChI=1S/C9H16F2N2O/c1-2-12-6-8(14)13-5-3-4-9(10,11)7-13/h12H,2-7H2,1H3. The highest BCUT2D eigenvalue weighted by Crippen LogP contribution is 2.26. The lowest BCUT2D eigenvalue weighted by atomic mass is 10.1. The van der Waals surface area contributed by atoms with Crippen LogP contribution in [0.25, 0.3) is 0 Å². The molecule has 82 valence electrons. The van der Waals surface area contributed by atoms with Crippen molar-refractivity contribution in [1.29, 1.82) is 0 Å². The van der Waals surface area contributed by atoms with Crippen molar-refractivity contribution in [2.24, 2.45) is 0 Å². The molecule has 0 aromatic rings. The summed E-state index contributed by atoms with van der Waals surface area (Å²) in [7, 11) is 0. The summed E-state index contributed by atoms with van der Waals surface area (Å²) in [6.45, 7) is 2.75. The number of hydrogen-bond donors (Lipinski definition) is 1. The number of nitrogens with one attached hydrogen (secondary N) is 1. The Kier molecular flexibility index (Phi) is 3.80. The average molecular weight is 206 g/mol. The summed E-state index contributed by atoms with van der Waals surface area (Å²) < 4.78 is 25.8. The summed E-state index contributed by atoms with van der Waals surface area (Å²) in [6.07, 6.45) is 0.294. The highest BCUT2D eigenvalue weighted by atomic mass is 19.3. The number of carbonyl (C=O) groups is 1. The number of hydrogen-bond acceptors (Lipinski definition) is 2. The van der Waals surface area contributed by atoms with Crippen molar-refractivity contribution in [2.75, 3.05) is 26.2 Å². The van der Waals surface area contributed by atoms with Gasteiger partial charge in [0, 0.05) is 13.0 Å². The van der Waals surface area contributed by atoms with Gasteiger partial charge in [-0.15, -0.1) is 0 Å². The zero-order valence-corrected chi connectivity index (χ0v) is 8.35. The van der Waals surface area contributed by atoms with Crippen molar-refractivity contribution in [3.8, 4) is 0 Å². The van der Waals surface area contributed by atoms with Crippen LogP contribution >= 0.6 is 0 Å². The van der Waals surface area contributed by atoms with E-state index in [1.165, 1.54) is 4.90 Å². The Morgan fingerprint density at radius 3 is 2.86 bits per heavy atom. The number of nitrogens with zero attached hydrogens (tertiary/aromatic N) is 1. The van der Waals surface area contributed by atoms with Gasteiger partial charge in [0.05, 0.1) is 13.1 Å². The quantitative estimate of drug-likeness (QED) is 0.742. The Balaban J connectivity index is 2.40. The Bertz CT molecular complexity index is 209. The maximum Gasteiger partial charge on any atom is 0.265 e. The van der Waals surface area contributed by atoms with E-state index in [2.05, 4.69) is 5.32 Å². The predicted molar refractivity (Wildman–Crippen MR) is 49.3 cm³/mol. The van der Waals surface area contributed by atoms with Gasteiger partial charge in [0.2, 0.25) is 5.91 Å². The van der Waals surface area contributed by atoms with Gasteiger partial charge in [-0.2, -0.15) is 0 Å². The van der Waals surface area contributed by atoms with Crippen LogP contribution < -0.4 is 5.32 Å². The third-order valence-corrected chi connectivity index (χ3v) is 2.27. The lowest BCUT2D eigenvalue weighted by molar-refractivity contribution is -0.140. The van der Waals surface area contributed by atoms with Gasteiger partial charge >= 0.3 is 0 Å². The van der Waals surface area contributed by atoms with Gasteiger partial charge in [-0.25, -0.2) is 8.78 Å². The van der Waals surface area contributed by atoms with E-state index in [0.29, 0.717) is 19.5 Å².